The van der Waals surface area contributed by atoms with E-state index in [1.807, 2.05) is 24.3 Å². The molecule has 0 aliphatic carbocycles. The van der Waals surface area contributed by atoms with E-state index in [0.29, 0.717) is 12.2 Å². The molecule has 0 aromatic heterocycles. The first-order valence-corrected chi connectivity index (χ1v) is 9.59. The Balaban J connectivity index is 1.39. The number of rotatable bonds is 9. The number of primary amides is 1. The van der Waals surface area contributed by atoms with Gasteiger partial charge in [-0.25, -0.2) is 0 Å². The molecule has 3 N–H and O–H groups in total. The molecule has 27 heavy (non-hydrogen) atoms. The second-order valence-electron chi connectivity index (χ2n) is 7.02. The molecule has 3 rings (SSSR count). The summed E-state index contributed by atoms with van der Waals surface area (Å²) in [5.74, 6) is 1.19. The van der Waals surface area contributed by atoms with Crippen LogP contribution in [0.3, 0.4) is 0 Å². The predicted octanol–water partition coefficient (Wildman–Crippen LogP) is 3.27. The number of nitrogens with one attached hydrogen (secondary N) is 1. The minimum atomic E-state index is -0.425. The fraction of sp³-hybridized carbons (Fsp3) is 0.409. The van der Waals surface area contributed by atoms with Crippen molar-refractivity contribution in [2.24, 2.45) is 11.7 Å². The Bertz CT molecular complexity index is 725. The SMILES string of the molecule is NC(=O)c1cccc(COc2ccc(CNCCC3CCOCC3)cc2)c1. The maximum atomic E-state index is 11.2. The summed E-state index contributed by atoms with van der Waals surface area (Å²) in [5.41, 5.74) is 7.97. The van der Waals surface area contributed by atoms with Gasteiger partial charge >= 0.3 is 0 Å². The van der Waals surface area contributed by atoms with Crippen LogP contribution in [0.25, 0.3) is 0 Å². The van der Waals surface area contributed by atoms with Gasteiger partial charge in [0.05, 0.1) is 0 Å². The van der Waals surface area contributed by atoms with Crippen molar-refractivity contribution in [1.29, 1.82) is 0 Å². The highest BCUT2D eigenvalue weighted by molar-refractivity contribution is 5.92. The summed E-state index contributed by atoms with van der Waals surface area (Å²) >= 11 is 0. The first-order chi connectivity index (χ1) is 13.2. The van der Waals surface area contributed by atoms with E-state index in [9.17, 15) is 4.79 Å². The minimum absolute atomic E-state index is 0.407. The smallest absolute Gasteiger partial charge is 0.248 e. The molecule has 2 aromatic rings. The number of carbonyl (C=O) groups excluding carboxylic acids is 1. The number of hydrogen-bond acceptors (Lipinski definition) is 4. The number of nitrogens with two attached hydrogens (primary N) is 1. The van der Waals surface area contributed by atoms with E-state index in [1.54, 1.807) is 12.1 Å². The fourth-order valence-electron chi connectivity index (χ4n) is 3.26. The lowest BCUT2D eigenvalue weighted by Crippen LogP contribution is -2.22. The molecule has 1 aliphatic rings. The molecule has 0 radical (unpaired) electrons. The lowest BCUT2D eigenvalue weighted by molar-refractivity contribution is 0.0639. The van der Waals surface area contributed by atoms with Gasteiger partial charge in [-0.2, -0.15) is 0 Å². The third-order valence-corrected chi connectivity index (χ3v) is 4.94. The molecule has 0 spiro atoms. The van der Waals surface area contributed by atoms with Gasteiger partial charge in [-0.15, -0.1) is 0 Å². The zero-order valence-electron chi connectivity index (χ0n) is 15.7. The molecule has 1 amide bonds. The van der Waals surface area contributed by atoms with Crippen molar-refractivity contribution in [3.05, 3.63) is 65.2 Å². The summed E-state index contributed by atoms with van der Waals surface area (Å²) in [6, 6.07) is 15.3. The van der Waals surface area contributed by atoms with Gasteiger partial charge in [0, 0.05) is 25.3 Å². The minimum Gasteiger partial charge on any atom is -0.489 e. The van der Waals surface area contributed by atoms with Crippen LogP contribution in [0.4, 0.5) is 0 Å². The molecule has 5 heteroatoms. The van der Waals surface area contributed by atoms with Crippen molar-refractivity contribution in [3.8, 4) is 5.75 Å². The lowest BCUT2D eigenvalue weighted by Gasteiger charge is -2.21. The second-order valence-corrected chi connectivity index (χ2v) is 7.02. The van der Waals surface area contributed by atoms with Crippen molar-refractivity contribution in [2.75, 3.05) is 19.8 Å². The lowest BCUT2D eigenvalue weighted by atomic mass is 9.97. The Kier molecular flexibility index (Phi) is 7.25. The molecule has 5 nitrogen and oxygen atoms in total. The van der Waals surface area contributed by atoms with Crippen LogP contribution in [0.15, 0.2) is 48.5 Å². The fourth-order valence-corrected chi connectivity index (χ4v) is 3.26. The van der Waals surface area contributed by atoms with Gasteiger partial charge in [0.2, 0.25) is 5.91 Å². The van der Waals surface area contributed by atoms with Crippen molar-refractivity contribution >= 4 is 5.91 Å². The number of hydrogen-bond donors (Lipinski definition) is 2. The highest BCUT2D eigenvalue weighted by Crippen LogP contribution is 2.18. The van der Waals surface area contributed by atoms with Crippen LogP contribution in [0, 0.1) is 5.92 Å². The monoisotopic (exact) mass is 368 g/mol. The molecule has 1 saturated heterocycles. The van der Waals surface area contributed by atoms with Crippen molar-refractivity contribution in [3.63, 3.8) is 0 Å². The topological polar surface area (TPSA) is 73.6 Å². The zero-order chi connectivity index (χ0) is 18.9. The standard InChI is InChI=1S/C22H28N2O3/c23-22(25)20-3-1-2-19(14-20)16-27-21-6-4-18(5-7-21)15-24-11-8-17-9-12-26-13-10-17/h1-7,14,17,24H,8-13,15-16H2,(H2,23,25). The highest BCUT2D eigenvalue weighted by Gasteiger charge is 2.12. The third kappa shape index (κ3) is 6.38. The molecule has 0 atom stereocenters. The van der Waals surface area contributed by atoms with Crippen molar-refractivity contribution in [1.82, 2.24) is 5.32 Å². The number of ether oxygens (including phenoxy) is 2. The molecule has 0 saturated carbocycles. The summed E-state index contributed by atoms with van der Waals surface area (Å²) in [4.78, 5) is 11.2. The van der Waals surface area contributed by atoms with Gasteiger partial charge in [0.25, 0.3) is 0 Å². The molecule has 1 heterocycles. The Morgan fingerprint density at radius 2 is 1.89 bits per heavy atom. The summed E-state index contributed by atoms with van der Waals surface area (Å²) in [6.07, 6.45) is 3.60. The molecule has 1 aliphatic heterocycles. The average molecular weight is 368 g/mol. The van der Waals surface area contributed by atoms with Crippen molar-refractivity contribution in [2.45, 2.75) is 32.4 Å². The molecular weight excluding hydrogens is 340 g/mol. The Hall–Kier alpha value is -2.37. The largest absolute Gasteiger partial charge is 0.489 e. The Morgan fingerprint density at radius 3 is 2.63 bits per heavy atom. The molecular formula is C22H28N2O3. The number of carbonyl (C=O) groups is 1. The van der Waals surface area contributed by atoms with E-state index in [0.717, 1.165) is 43.5 Å². The zero-order valence-corrected chi connectivity index (χ0v) is 15.7. The maximum Gasteiger partial charge on any atom is 0.248 e. The molecule has 1 fully saturated rings. The van der Waals surface area contributed by atoms with Gasteiger partial charge in [0.1, 0.15) is 12.4 Å². The van der Waals surface area contributed by atoms with E-state index in [-0.39, 0.29) is 0 Å². The molecule has 0 bridgehead atoms. The van der Waals surface area contributed by atoms with Crippen LogP contribution in [0.2, 0.25) is 0 Å². The van der Waals surface area contributed by atoms with Crippen LogP contribution in [-0.2, 0) is 17.9 Å². The van der Waals surface area contributed by atoms with Crippen molar-refractivity contribution < 1.29 is 14.3 Å². The third-order valence-electron chi connectivity index (χ3n) is 4.94. The van der Waals surface area contributed by atoms with E-state index in [1.165, 1.54) is 24.8 Å². The quantitative estimate of drug-likeness (QED) is 0.666. The predicted molar refractivity (Wildman–Crippen MR) is 106 cm³/mol. The Labute approximate surface area is 160 Å². The van der Waals surface area contributed by atoms with Crippen LogP contribution in [0.1, 0.15) is 40.7 Å². The average Bonchev–Trinajstić information content (AvgIpc) is 2.71. The first kappa shape index (κ1) is 19.4. The van der Waals surface area contributed by atoms with Gasteiger partial charge in [-0.3, -0.25) is 4.79 Å². The summed E-state index contributed by atoms with van der Waals surface area (Å²) in [5, 5.41) is 3.52. The number of amides is 1. The molecule has 144 valence electrons. The normalized spacial score (nSPS) is 14.8. The van der Waals surface area contributed by atoms with Gasteiger partial charge < -0.3 is 20.5 Å². The van der Waals surface area contributed by atoms with Gasteiger partial charge in [-0.05, 0) is 67.1 Å². The van der Waals surface area contributed by atoms with Gasteiger partial charge in [-0.1, -0.05) is 24.3 Å². The molecule has 2 aromatic carbocycles. The Morgan fingerprint density at radius 1 is 1.11 bits per heavy atom. The molecule has 0 unspecified atom stereocenters. The van der Waals surface area contributed by atoms with E-state index in [2.05, 4.69) is 17.4 Å². The second kappa shape index (κ2) is 10.1. The summed E-state index contributed by atoms with van der Waals surface area (Å²) < 4.78 is 11.2. The van der Waals surface area contributed by atoms with E-state index < -0.39 is 5.91 Å². The maximum absolute atomic E-state index is 11.2. The van der Waals surface area contributed by atoms with Gasteiger partial charge in [0.15, 0.2) is 0 Å². The van der Waals surface area contributed by atoms with Crippen LogP contribution < -0.4 is 15.8 Å². The van der Waals surface area contributed by atoms with E-state index in [4.69, 9.17) is 15.2 Å². The van der Waals surface area contributed by atoms with Crippen LogP contribution >= 0.6 is 0 Å². The first-order valence-electron chi connectivity index (χ1n) is 9.59. The van der Waals surface area contributed by atoms with E-state index >= 15 is 0 Å². The van der Waals surface area contributed by atoms with Crippen LogP contribution in [0.5, 0.6) is 5.75 Å². The van der Waals surface area contributed by atoms with Crippen LogP contribution in [-0.4, -0.2) is 25.7 Å². The number of benzene rings is 2. The highest BCUT2D eigenvalue weighted by atomic mass is 16.5. The summed E-state index contributed by atoms with van der Waals surface area (Å²) in [7, 11) is 0. The summed E-state index contributed by atoms with van der Waals surface area (Å²) in [6.45, 7) is 4.14.